The molecule has 5 rings (SSSR count). The molecule has 0 bridgehead atoms. The van der Waals surface area contributed by atoms with E-state index in [1.165, 1.54) is 34.8 Å². The van der Waals surface area contributed by atoms with Crippen molar-refractivity contribution in [1.29, 1.82) is 0 Å². The SMILES string of the molecule is COc1ccc(S(=O)(=O)N2CCCC2)cc1NC(=O)c1ccc(CN2CCCc3ccccc32)cc1. The maximum atomic E-state index is 13.0. The van der Waals surface area contributed by atoms with Gasteiger partial charge in [-0.15, -0.1) is 0 Å². The van der Waals surface area contributed by atoms with Gasteiger partial charge in [0.25, 0.3) is 5.91 Å². The highest BCUT2D eigenvalue weighted by Gasteiger charge is 2.28. The van der Waals surface area contributed by atoms with Crippen LogP contribution in [0, 0.1) is 0 Å². The van der Waals surface area contributed by atoms with Crippen LogP contribution in [0.4, 0.5) is 11.4 Å². The van der Waals surface area contributed by atoms with Crippen LogP contribution in [-0.4, -0.2) is 45.4 Å². The Morgan fingerprint density at radius 2 is 1.69 bits per heavy atom. The molecule has 0 saturated carbocycles. The van der Waals surface area contributed by atoms with Crippen LogP contribution in [0.5, 0.6) is 5.75 Å². The average Bonchev–Trinajstić information content (AvgIpc) is 3.45. The van der Waals surface area contributed by atoms with E-state index in [2.05, 4.69) is 34.5 Å². The minimum absolute atomic E-state index is 0.151. The number of nitrogens with zero attached hydrogens (tertiary/aromatic N) is 2. The van der Waals surface area contributed by atoms with Gasteiger partial charge in [0.15, 0.2) is 0 Å². The number of ether oxygens (including phenoxy) is 1. The molecule has 1 N–H and O–H groups in total. The Morgan fingerprint density at radius 3 is 2.44 bits per heavy atom. The number of hydrogen-bond donors (Lipinski definition) is 1. The number of aryl methyl sites for hydroxylation is 1. The summed E-state index contributed by atoms with van der Waals surface area (Å²) in [5.74, 6) is 0.0861. The van der Waals surface area contributed by atoms with Crippen molar-refractivity contribution in [1.82, 2.24) is 4.31 Å². The second-order valence-electron chi connectivity index (χ2n) is 9.28. The van der Waals surface area contributed by atoms with Crippen LogP contribution in [-0.2, 0) is 23.0 Å². The highest BCUT2D eigenvalue weighted by Crippen LogP contribution is 2.31. The Hall–Kier alpha value is -3.36. The van der Waals surface area contributed by atoms with Gasteiger partial charge in [-0.3, -0.25) is 4.79 Å². The van der Waals surface area contributed by atoms with Crippen LogP contribution >= 0.6 is 0 Å². The highest BCUT2D eigenvalue weighted by molar-refractivity contribution is 7.89. The second kappa shape index (κ2) is 10.3. The lowest BCUT2D eigenvalue weighted by molar-refractivity contribution is 0.102. The van der Waals surface area contributed by atoms with Crippen LogP contribution < -0.4 is 15.0 Å². The monoisotopic (exact) mass is 505 g/mol. The lowest BCUT2D eigenvalue weighted by atomic mass is 10.0. The zero-order valence-corrected chi connectivity index (χ0v) is 21.3. The molecule has 2 heterocycles. The largest absolute Gasteiger partial charge is 0.495 e. The van der Waals surface area contributed by atoms with Crippen molar-refractivity contribution in [3.8, 4) is 5.75 Å². The molecule has 1 amide bonds. The maximum absolute atomic E-state index is 13.0. The molecule has 2 aliphatic heterocycles. The molecule has 0 atom stereocenters. The molecule has 0 unspecified atom stereocenters. The van der Waals surface area contributed by atoms with Gasteiger partial charge in [0, 0.05) is 37.4 Å². The van der Waals surface area contributed by atoms with Gasteiger partial charge in [-0.05, 0) is 73.2 Å². The van der Waals surface area contributed by atoms with Gasteiger partial charge in [0.1, 0.15) is 5.75 Å². The molecule has 1 saturated heterocycles. The van der Waals surface area contributed by atoms with Gasteiger partial charge in [-0.2, -0.15) is 4.31 Å². The summed E-state index contributed by atoms with van der Waals surface area (Å²) in [5.41, 5.74) is 4.60. The molecule has 36 heavy (non-hydrogen) atoms. The van der Waals surface area contributed by atoms with Crippen LogP contribution in [0.25, 0.3) is 0 Å². The number of anilines is 2. The minimum Gasteiger partial charge on any atom is -0.495 e. The number of methoxy groups -OCH3 is 1. The number of fused-ring (bicyclic) bond motifs is 1. The number of carbonyl (C=O) groups excluding carboxylic acids is 1. The molecular formula is C28H31N3O4S. The van der Waals surface area contributed by atoms with E-state index in [0.717, 1.165) is 44.3 Å². The summed E-state index contributed by atoms with van der Waals surface area (Å²) in [5, 5.41) is 2.84. The molecule has 7 nitrogen and oxygen atoms in total. The summed E-state index contributed by atoms with van der Waals surface area (Å²) in [7, 11) is -2.11. The summed E-state index contributed by atoms with van der Waals surface area (Å²) < 4.78 is 32.8. The maximum Gasteiger partial charge on any atom is 0.255 e. The third-order valence-corrected chi connectivity index (χ3v) is 8.81. The number of carbonyl (C=O) groups is 1. The zero-order chi connectivity index (χ0) is 25.1. The summed E-state index contributed by atoms with van der Waals surface area (Å²) in [6.45, 7) is 2.83. The van der Waals surface area contributed by atoms with Crippen molar-refractivity contribution in [2.75, 3.05) is 37.0 Å². The summed E-state index contributed by atoms with van der Waals surface area (Å²) >= 11 is 0. The first kappa shape index (κ1) is 24.3. The minimum atomic E-state index is -3.61. The van der Waals surface area contributed by atoms with E-state index in [4.69, 9.17) is 4.74 Å². The Labute approximate surface area is 212 Å². The Bertz CT molecular complexity index is 1350. The van der Waals surface area contributed by atoms with Crippen LogP contribution in [0.2, 0.25) is 0 Å². The summed E-state index contributed by atoms with van der Waals surface area (Å²) in [6.07, 6.45) is 3.96. The Morgan fingerprint density at radius 1 is 0.944 bits per heavy atom. The van der Waals surface area contributed by atoms with Gasteiger partial charge >= 0.3 is 0 Å². The molecule has 0 spiro atoms. The molecule has 0 aliphatic carbocycles. The number of amides is 1. The number of sulfonamides is 1. The summed E-state index contributed by atoms with van der Waals surface area (Å²) in [6, 6.07) is 20.6. The Kier molecular flexibility index (Phi) is 6.98. The van der Waals surface area contributed by atoms with E-state index in [-0.39, 0.29) is 10.8 Å². The lowest BCUT2D eigenvalue weighted by Gasteiger charge is -2.31. The number of nitrogens with one attached hydrogen (secondary N) is 1. The van der Waals surface area contributed by atoms with Crippen molar-refractivity contribution < 1.29 is 17.9 Å². The van der Waals surface area contributed by atoms with Crippen molar-refractivity contribution in [3.05, 3.63) is 83.4 Å². The quantitative estimate of drug-likeness (QED) is 0.504. The third-order valence-electron chi connectivity index (χ3n) is 6.92. The fourth-order valence-corrected chi connectivity index (χ4v) is 6.52. The Balaban J connectivity index is 1.31. The van der Waals surface area contributed by atoms with Crippen molar-refractivity contribution >= 4 is 27.3 Å². The van der Waals surface area contributed by atoms with Crippen molar-refractivity contribution in [3.63, 3.8) is 0 Å². The highest BCUT2D eigenvalue weighted by atomic mass is 32.2. The van der Waals surface area contributed by atoms with E-state index in [0.29, 0.717) is 30.1 Å². The molecule has 3 aromatic rings. The molecule has 188 valence electrons. The first-order chi connectivity index (χ1) is 17.5. The van der Waals surface area contributed by atoms with Crippen LogP contribution in [0.3, 0.4) is 0 Å². The number of benzene rings is 3. The normalized spacial score (nSPS) is 16.0. The first-order valence-corrected chi connectivity index (χ1v) is 13.8. The number of rotatable bonds is 7. The predicted octanol–water partition coefficient (Wildman–Crippen LogP) is 4.68. The topological polar surface area (TPSA) is 79.0 Å². The van der Waals surface area contributed by atoms with Gasteiger partial charge in [-0.1, -0.05) is 30.3 Å². The number of para-hydroxylation sites is 1. The fourth-order valence-electron chi connectivity index (χ4n) is 4.97. The third kappa shape index (κ3) is 4.96. The molecular weight excluding hydrogens is 474 g/mol. The van der Waals surface area contributed by atoms with E-state index in [1.54, 1.807) is 18.2 Å². The van der Waals surface area contributed by atoms with Crippen molar-refractivity contribution in [2.45, 2.75) is 37.1 Å². The van der Waals surface area contributed by atoms with E-state index >= 15 is 0 Å². The first-order valence-electron chi connectivity index (χ1n) is 12.4. The van der Waals surface area contributed by atoms with Crippen molar-refractivity contribution in [2.24, 2.45) is 0 Å². The summed E-state index contributed by atoms with van der Waals surface area (Å²) in [4.78, 5) is 15.6. The molecule has 0 aromatic heterocycles. The molecule has 0 radical (unpaired) electrons. The van der Waals surface area contributed by atoms with E-state index in [9.17, 15) is 13.2 Å². The lowest BCUT2D eigenvalue weighted by Crippen LogP contribution is -2.28. The van der Waals surface area contributed by atoms with Gasteiger partial charge in [0.2, 0.25) is 10.0 Å². The van der Waals surface area contributed by atoms with Gasteiger partial charge in [0.05, 0.1) is 17.7 Å². The molecule has 3 aromatic carbocycles. The second-order valence-corrected chi connectivity index (χ2v) is 11.2. The number of hydrogen-bond acceptors (Lipinski definition) is 5. The molecule has 2 aliphatic rings. The van der Waals surface area contributed by atoms with Gasteiger partial charge in [-0.25, -0.2) is 8.42 Å². The molecule has 1 fully saturated rings. The fraction of sp³-hybridized carbons (Fsp3) is 0.321. The average molecular weight is 506 g/mol. The van der Waals surface area contributed by atoms with Crippen LogP contribution in [0.15, 0.2) is 71.6 Å². The standard InChI is InChI=1S/C28H31N3O4S/c1-35-27-15-14-24(36(33,34)31-17-4-5-18-31)19-25(27)29-28(32)23-12-10-21(11-13-23)20-30-16-6-8-22-7-2-3-9-26(22)30/h2-3,7,9-15,19H,4-6,8,16-18,20H2,1H3,(H,29,32). The predicted molar refractivity (Wildman–Crippen MR) is 141 cm³/mol. The molecule has 8 heteroatoms. The zero-order valence-electron chi connectivity index (χ0n) is 20.4. The van der Waals surface area contributed by atoms with E-state index < -0.39 is 10.0 Å². The van der Waals surface area contributed by atoms with E-state index in [1.807, 2.05) is 12.1 Å². The van der Waals surface area contributed by atoms with Crippen LogP contribution in [0.1, 0.15) is 40.7 Å². The smallest absolute Gasteiger partial charge is 0.255 e. The van der Waals surface area contributed by atoms with Gasteiger partial charge < -0.3 is 15.0 Å².